The molecule has 0 unspecified atom stereocenters. The zero-order chi connectivity index (χ0) is 13.1. The van der Waals surface area contributed by atoms with Gasteiger partial charge in [0, 0.05) is 11.5 Å². The molecule has 0 bridgehead atoms. The van der Waals surface area contributed by atoms with Crippen LogP contribution in [0, 0.1) is 11.8 Å². The summed E-state index contributed by atoms with van der Waals surface area (Å²) >= 11 is 0. The second-order valence-corrected chi connectivity index (χ2v) is 4.64. The van der Waals surface area contributed by atoms with E-state index >= 15 is 0 Å². The maximum atomic E-state index is 12.2. The monoisotopic (exact) mass is 248 g/mol. The number of benzene rings is 1. The Labute approximate surface area is 106 Å². The first kappa shape index (κ1) is 12.6. The zero-order valence-electron chi connectivity index (χ0n) is 10.3. The number of carbonyl (C=O) groups is 2. The lowest BCUT2D eigenvalue weighted by Gasteiger charge is -2.09. The summed E-state index contributed by atoms with van der Waals surface area (Å²) in [5.74, 6) is -0.662. The van der Waals surface area contributed by atoms with Gasteiger partial charge >= 0.3 is 5.97 Å². The number of rotatable bonds is 4. The van der Waals surface area contributed by atoms with Crippen LogP contribution in [0.4, 0.5) is 0 Å². The lowest BCUT2D eigenvalue weighted by atomic mass is 9.95. The van der Waals surface area contributed by atoms with Gasteiger partial charge in [-0.05, 0) is 31.4 Å². The fraction of sp³-hybridized carbons (Fsp3) is 0.429. The summed E-state index contributed by atoms with van der Waals surface area (Å²) < 4.78 is 5.08. The Morgan fingerprint density at radius 1 is 1.28 bits per heavy atom. The standard InChI is InChI=1S/C14H16O4/c1-18-12-4-2-3-9(8-12)13(15)10-5-6-11(7-10)14(16)17/h2-4,8,10-11H,5-7H2,1H3,(H,16,17)/t10-,11+/m0/s1. The van der Waals surface area contributed by atoms with Gasteiger partial charge in [-0.25, -0.2) is 0 Å². The third-order valence-electron chi connectivity index (χ3n) is 3.51. The van der Waals surface area contributed by atoms with Gasteiger partial charge in [0.25, 0.3) is 0 Å². The van der Waals surface area contributed by atoms with Crippen molar-refractivity contribution in [2.75, 3.05) is 7.11 Å². The first-order valence-corrected chi connectivity index (χ1v) is 6.03. The third kappa shape index (κ3) is 2.53. The molecule has 0 amide bonds. The molecule has 1 fully saturated rings. The van der Waals surface area contributed by atoms with Crippen LogP contribution in [0.15, 0.2) is 24.3 Å². The van der Waals surface area contributed by atoms with Gasteiger partial charge in [-0.1, -0.05) is 12.1 Å². The predicted molar refractivity (Wildman–Crippen MR) is 65.8 cm³/mol. The molecule has 0 aliphatic heterocycles. The number of hydrogen-bond donors (Lipinski definition) is 1. The molecule has 1 aromatic rings. The van der Waals surface area contributed by atoms with Crippen molar-refractivity contribution in [1.82, 2.24) is 0 Å². The molecule has 0 aromatic heterocycles. The number of carbonyl (C=O) groups excluding carboxylic acids is 1. The van der Waals surface area contributed by atoms with E-state index < -0.39 is 5.97 Å². The molecule has 0 radical (unpaired) electrons. The maximum Gasteiger partial charge on any atom is 0.306 e. The van der Waals surface area contributed by atoms with E-state index in [1.54, 1.807) is 31.4 Å². The minimum absolute atomic E-state index is 0.0256. The zero-order valence-corrected chi connectivity index (χ0v) is 10.3. The van der Waals surface area contributed by atoms with Crippen LogP contribution in [0.25, 0.3) is 0 Å². The van der Waals surface area contributed by atoms with Crippen molar-refractivity contribution in [3.63, 3.8) is 0 Å². The lowest BCUT2D eigenvalue weighted by Crippen LogP contribution is -2.14. The highest BCUT2D eigenvalue weighted by molar-refractivity contribution is 5.98. The minimum Gasteiger partial charge on any atom is -0.497 e. The molecular formula is C14H16O4. The van der Waals surface area contributed by atoms with E-state index in [9.17, 15) is 9.59 Å². The highest BCUT2D eigenvalue weighted by Gasteiger charge is 2.34. The summed E-state index contributed by atoms with van der Waals surface area (Å²) in [6.07, 6.45) is 1.70. The van der Waals surface area contributed by atoms with E-state index in [0.717, 1.165) is 0 Å². The molecule has 2 atom stereocenters. The third-order valence-corrected chi connectivity index (χ3v) is 3.51. The van der Waals surface area contributed by atoms with Crippen LogP contribution in [0.1, 0.15) is 29.6 Å². The number of ketones is 1. The highest BCUT2D eigenvalue weighted by atomic mass is 16.5. The summed E-state index contributed by atoms with van der Waals surface area (Å²) in [6.45, 7) is 0. The summed E-state index contributed by atoms with van der Waals surface area (Å²) in [6, 6.07) is 7.01. The topological polar surface area (TPSA) is 63.6 Å². The van der Waals surface area contributed by atoms with E-state index in [1.165, 1.54) is 0 Å². The van der Waals surface area contributed by atoms with Gasteiger partial charge in [0.1, 0.15) is 5.75 Å². The summed E-state index contributed by atoms with van der Waals surface area (Å²) in [4.78, 5) is 23.1. The highest BCUT2D eigenvalue weighted by Crippen LogP contribution is 2.33. The van der Waals surface area contributed by atoms with Crippen LogP contribution in [0.5, 0.6) is 5.75 Å². The van der Waals surface area contributed by atoms with Crippen molar-refractivity contribution in [2.24, 2.45) is 11.8 Å². The number of carboxylic acids is 1. The number of Topliss-reactive ketones (excluding diaryl/α,β-unsaturated/α-hetero) is 1. The average molecular weight is 248 g/mol. The maximum absolute atomic E-state index is 12.2. The van der Waals surface area contributed by atoms with E-state index in [1.807, 2.05) is 0 Å². The number of aliphatic carboxylic acids is 1. The van der Waals surface area contributed by atoms with Crippen LogP contribution >= 0.6 is 0 Å². The molecule has 96 valence electrons. The summed E-state index contributed by atoms with van der Waals surface area (Å²) in [5.41, 5.74) is 0.602. The molecule has 1 aliphatic rings. The average Bonchev–Trinajstić information content (AvgIpc) is 2.87. The molecule has 4 heteroatoms. The smallest absolute Gasteiger partial charge is 0.306 e. The van der Waals surface area contributed by atoms with Crippen LogP contribution in [-0.4, -0.2) is 24.0 Å². The van der Waals surface area contributed by atoms with Crippen LogP contribution in [-0.2, 0) is 4.79 Å². The van der Waals surface area contributed by atoms with Crippen molar-refractivity contribution < 1.29 is 19.4 Å². The lowest BCUT2D eigenvalue weighted by molar-refractivity contribution is -0.141. The fourth-order valence-electron chi connectivity index (χ4n) is 2.46. The number of methoxy groups -OCH3 is 1. The molecular weight excluding hydrogens is 232 g/mol. The Kier molecular flexibility index (Phi) is 3.65. The van der Waals surface area contributed by atoms with Crippen molar-refractivity contribution >= 4 is 11.8 Å². The Hall–Kier alpha value is -1.84. The van der Waals surface area contributed by atoms with Gasteiger partial charge in [0.15, 0.2) is 5.78 Å². The molecule has 18 heavy (non-hydrogen) atoms. The van der Waals surface area contributed by atoms with Crippen molar-refractivity contribution in [1.29, 1.82) is 0 Å². The van der Waals surface area contributed by atoms with E-state index in [-0.39, 0.29) is 17.6 Å². The quantitative estimate of drug-likeness (QED) is 0.831. The predicted octanol–water partition coefficient (Wildman–Crippen LogP) is 2.38. The molecule has 1 aliphatic carbocycles. The van der Waals surface area contributed by atoms with Gasteiger partial charge in [0.2, 0.25) is 0 Å². The Morgan fingerprint density at radius 2 is 2.00 bits per heavy atom. The van der Waals surface area contributed by atoms with Crippen molar-refractivity contribution in [3.8, 4) is 5.75 Å². The molecule has 1 N–H and O–H groups in total. The van der Waals surface area contributed by atoms with Gasteiger partial charge < -0.3 is 9.84 Å². The van der Waals surface area contributed by atoms with Crippen LogP contribution in [0.3, 0.4) is 0 Å². The van der Waals surface area contributed by atoms with E-state index in [2.05, 4.69) is 0 Å². The summed E-state index contributed by atoms with van der Waals surface area (Å²) in [7, 11) is 1.56. The minimum atomic E-state index is -0.795. The van der Waals surface area contributed by atoms with Gasteiger partial charge in [-0.2, -0.15) is 0 Å². The molecule has 4 nitrogen and oxygen atoms in total. The molecule has 1 saturated carbocycles. The Balaban J connectivity index is 2.10. The molecule has 0 heterocycles. The molecule has 0 spiro atoms. The second kappa shape index (κ2) is 5.21. The Morgan fingerprint density at radius 3 is 2.61 bits per heavy atom. The van der Waals surface area contributed by atoms with Crippen LogP contribution < -0.4 is 4.74 Å². The van der Waals surface area contributed by atoms with E-state index in [4.69, 9.17) is 9.84 Å². The van der Waals surface area contributed by atoms with E-state index in [0.29, 0.717) is 30.6 Å². The number of hydrogen-bond acceptors (Lipinski definition) is 3. The first-order chi connectivity index (χ1) is 8.61. The van der Waals surface area contributed by atoms with Crippen molar-refractivity contribution in [3.05, 3.63) is 29.8 Å². The largest absolute Gasteiger partial charge is 0.497 e. The SMILES string of the molecule is COc1cccc(C(=O)[C@H]2CC[C@@H](C(=O)O)C2)c1. The van der Waals surface area contributed by atoms with Gasteiger partial charge in [-0.3, -0.25) is 9.59 Å². The van der Waals surface area contributed by atoms with Gasteiger partial charge in [-0.15, -0.1) is 0 Å². The first-order valence-electron chi connectivity index (χ1n) is 6.03. The number of ether oxygens (including phenoxy) is 1. The second-order valence-electron chi connectivity index (χ2n) is 4.64. The van der Waals surface area contributed by atoms with Gasteiger partial charge in [0.05, 0.1) is 13.0 Å². The van der Waals surface area contributed by atoms with Crippen molar-refractivity contribution in [2.45, 2.75) is 19.3 Å². The Bertz CT molecular complexity index is 467. The molecule has 2 rings (SSSR count). The normalized spacial score (nSPS) is 22.7. The molecule has 0 saturated heterocycles. The molecule has 1 aromatic carbocycles. The number of carboxylic acid groups (broad SMARTS) is 1. The fourth-order valence-corrected chi connectivity index (χ4v) is 2.46. The summed E-state index contributed by atoms with van der Waals surface area (Å²) in [5, 5.41) is 8.93. The van der Waals surface area contributed by atoms with Crippen LogP contribution in [0.2, 0.25) is 0 Å².